The minimum absolute atomic E-state index is 0.0214. The molecule has 0 saturated heterocycles. The summed E-state index contributed by atoms with van der Waals surface area (Å²) in [6, 6.07) is 0. The summed E-state index contributed by atoms with van der Waals surface area (Å²) in [5, 5.41) is 0. The number of aldehydes is 1. The Hall–Kier alpha value is -1.99. The Morgan fingerprint density at radius 3 is 2.00 bits per heavy atom. The second-order valence-electron chi connectivity index (χ2n) is 8.36. The first kappa shape index (κ1) is 19.8. The van der Waals surface area contributed by atoms with Crippen LogP contribution in [0.2, 0.25) is 0 Å². The van der Waals surface area contributed by atoms with E-state index in [9.17, 15) is 31.5 Å². The van der Waals surface area contributed by atoms with E-state index in [2.05, 4.69) is 0 Å². The van der Waals surface area contributed by atoms with Crippen molar-refractivity contribution in [1.29, 1.82) is 0 Å². The molecule has 2 aliphatic rings. The Balaban J connectivity index is 1.98. The van der Waals surface area contributed by atoms with E-state index in [-0.39, 0.29) is 17.8 Å². The van der Waals surface area contributed by atoms with Gasteiger partial charge in [0.1, 0.15) is 5.56 Å². The average Bonchev–Trinajstić information content (AvgIpc) is 2.60. The summed E-state index contributed by atoms with van der Waals surface area (Å²) in [5.41, 5.74) is -4.24. The van der Waals surface area contributed by atoms with Crippen LogP contribution >= 0.6 is 0 Å². The molecule has 3 rings (SSSR count). The number of esters is 1. The normalized spacial score (nSPS) is 31.6. The second kappa shape index (κ2) is 6.01. The van der Waals surface area contributed by atoms with Gasteiger partial charge in [-0.15, -0.1) is 0 Å². The number of carbonyl (C=O) groups excluding carboxylic acids is 2. The molecule has 3 nitrogen and oxygen atoms in total. The van der Waals surface area contributed by atoms with Crippen molar-refractivity contribution in [1.82, 2.24) is 0 Å². The minimum Gasteiger partial charge on any atom is -0.447 e. The van der Waals surface area contributed by atoms with Crippen molar-refractivity contribution in [2.75, 3.05) is 0 Å². The number of carbonyl (C=O) groups is 2. The molecule has 27 heavy (non-hydrogen) atoms. The highest BCUT2D eigenvalue weighted by molar-refractivity contribution is 5.92. The third-order valence-electron chi connectivity index (χ3n) is 6.58. The zero-order valence-corrected chi connectivity index (χ0v) is 15.1. The zero-order chi connectivity index (χ0) is 20.4. The molecule has 2 saturated carbocycles. The van der Waals surface area contributed by atoms with Gasteiger partial charge in [0.25, 0.3) is 0 Å². The molecular weight excluding hydrogens is 371 g/mol. The quantitative estimate of drug-likeness (QED) is 0.247. The number of rotatable bonds is 3. The van der Waals surface area contributed by atoms with Gasteiger partial charge in [-0.3, -0.25) is 4.79 Å². The van der Waals surface area contributed by atoms with Gasteiger partial charge in [-0.2, -0.15) is 0 Å². The van der Waals surface area contributed by atoms with E-state index in [0.29, 0.717) is 12.7 Å². The lowest BCUT2D eigenvalue weighted by Crippen LogP contribution is -2.69. The molecule has 0 N–H and O–H groups in total. The maximum Gasteiger partial charge on any atom is 0.345 e. The molecule has 0 amide bonds. The molecule has 2 fully saturated rings. The Morgan fingerprint density at radius 2 is 1.48 bits per heavy atom. The number of benzene rings is 1. The van der Waals surface area contributed by atoms with Crippen LogP contribution in [0, 0.1) is 45.8 Å². The predicted octanol–water partition coefficient (Wildman–Crippen LogP) is 4.71. The molecule has 0 radical (unpaired) electrons. The fourth-order valence-electron chi connectivity index (χ4n) is 4.90. The summed E-state index contributed by atoms with van der Waals surface area (Å²) in [7, 11) is 0. The van der Waals surface area contributed by atoms with Crippen LogP contribution in [0.1, 0.15) is 56.8 Å². The van der Waals surface area contributed by atoms with Crippen LogP contribution < -0.4 is 0 Å². The molecule has 0 aliphatic heterocycles. The fourth-order valence-corrected chi connectivity index (χ4v) is 4.90. The predicted molar refractivity (Wildman–Crippen MR) is 84.3 cm³/mol. The second-order valence-corrected chi connectivity index (χ2v) is 8.36. The first-order valence-corrected chi connectivity index (χ1v) is 8.63. The molecular formula is C19H19F5O3. The SMILES string of the molecule is CC1(C)CCC[C@@]2(C)C1C[C@]2(C=O)OC(=O)c1c(F)c(F)c(F)c(F)c1F. The lowest BCUT2D eigenvalue weighted by molar-refractivity contribution is -0.235. The van der Waals surface area contributed by atoms with Crippen molar-refractivity contribution in [2.24, 2.45) is 16.7 Å². The molecule has 0 aromatic heterocycles. The highest BCUT2D eigenvalue weighted by atomic mass is 19.2. The molecule has 8 heteroatoms. The molecule has 148 valence electrons. The lowest BCUT2D eigenvalue weighted by Gasteiger charge is -2.66. The Kier molecular flexibility index (Phi) is 4.40. The van der Waals surface area contributed by atoms with Gasteiger partial charge in [0, 0.05) is 5.41 Å². The van der Waals surface area contributed by atoms with E-state index in [1.54, 1.807) is 6.92 Å². The van der Waals surface area contributed by atoms with E-state index >= 15 is 0 Å². The van der Waals surface area contributed by atoms with E-state index in [1.165, 1.54) is 0 Å². The Morgan fingerprint density at radius 1 is 0.963 bits per heavy atom. The molecule has 1 unspecified atom stereocenters. The van der Waals surface area contributed by atoms with Crippen LogP contribution in [-0.4, -0.2) is 17.9 Å². The standard InChI is InChI=1S/C19H19F5O3/c1-17(2)5-4-6-18(3)9(17)7-19(18,8-25)27-16(26)10-11(20)13(22)15(24)14(23)12(10)21/h8-9H,4-7H2,1-3H3/t9?,18-,19+/m0/s1. The van der Waals surface area contributed by atoms with Gasteiger partial charge in [0.15, 0.2) is 35.2 Å². The largest absolute Gasteiger partial charge is 0.447 e. The zero-order valence-electron chi connectivity index (χ0n) is 15.1. The molecule has 0 heterocycles. The van der Waals surface area contributed by atoms with Crippen molar-refractivity contribution < 1.29 is 36.3 Å². The number of hydrogen-bond donors (Lipinski definition) is 0. The third-order valence-corrected chi connectivity index (χ3v) is 6.58. The van der Waals surface area contributed by atoms with Gasteiger partial charge in [-0.1, -0.05) is 27.2 Å². The van der Waals surface area contributed by atoms with Crippen molar-refractivity contribution in [3.63, 3.8) is 0 Å². The lowest BCUT2D eigenvalue weighted by atomic mass is 9.40. The smallest absolute Gasteiger partial charge is 0.345 e. The summed E-state index contributed by atoms with van der Waals surface area (Å²) in [6.07, 6.45) is 2.77. The summed E-state index contributed by atoms with van der Waals surface area (Å²) in [6.45, 7) is 5.80. The summed E-state index contributed by atoms with van der Waals surface area (Å²) in [4.78, 5) is 24.2. The monoisotopic (exact) mass is 390 g/mol. The maximum atomic E-state index is 13.9. The highest BCUT2D eigenvalue weighted by Crippen LogP contribution is 2.67. The van der Waals surface area contributed by atoms with Crippen LogP contribution in [0.3, 0.4) is 0 Å². The van der Waals surface area contributed by atoms with Gasteiger partial charge in [-0.05, 0) is 30.6 Å². The average molecular weight is 390 g/mol. The molecule has 3 atom stereocenters. The Labute approximate surface area is 152 Å². The van der Waals surface area contributed by atoms with Crippen LogP contribution in [0.5, 0.6) is 0 Å². The first-order chi connectivity index (χ1) is 12.4. The van der Waals surface area contributed by atoms with E-state index in [1.807, 2.05) is 13.8 Å². The highest BCUT2D eigenvalue weighted by Gasteiger charge is 2.69. The number of hydrogen-bond acceptors (Lipinski definition) is 3. The van der Waals surface area contributed by atoms with Crippen molar-refractivity contribution >= 4 is 12.3 Å². The maximum absolute atomic E-state index is 13.9. The molecule has 1 aromatic carbocycles. The van der Waals surface area contributed by atoms with Gasteiger partial charge in [0.05, 0.1) is 0 Å². The van der Waals surface area contributed by atoms with Gasteiger partial charge in [-0.25, -0.2) is 26.7 Å². The molecule has 2 aliphatic carbocycles. The Bertz CT molecular complexity index is 808. The van der Waals surface area contributed by atoms with Crippen LogP contribution in [0.25, 0.3) is 0 Å². The summed E-state index contributed by atoms with van der Waals surface area (Å²) >= 11 is 0. The first-order valence-electron chi connectivity index (χ1n) is 8.63. The summed E-state index contributed by atoms with van der Waals surface area (Å²) in [5.74, 6) is -13.1. The van der Waals surface area contributed by atoms with Crippen molar-refractivity contribution in [3.8, 4) is 0 Å². The van der Waals surface area contributed by atoms with Crippen LogP contribution in [0.15, 0.2) is 0 Å². The topological polar surface area (TPSA) is 43.4 Å². The van der Waals surface area contributed by atoms with Gasteiger partial charge in [0.2, 0.25) is 5.82 Å². The number of halogens is 5. The number of ether oxygens (including phenoxy) is 1. The molecule has 0 spiro atoms. The van der Waals surface area contributed by atoms with Crippen LogP contribution in [0.4, 0.5) is 22.0 Å². The third kappa shape index (κ3) is 2.51. The fraction of sp³-hybridized carbons (Fsp3) is 0.579. The van der Waals surface area contributed by atoms with Gasteiger partial charge >= 0.3 is 5.97 Å². The van der Waals surface area contributed by atoms with Gasteiger partial charge < -0.3 is 4.74 Å². The van der Waals surface area contributed by atoms with E-state index in [4.69, 9.17) is 4.74 Å². The minimum atomic E-state index is -2.36. The van der Waals surface area contributed by atoms with Crippen molar-refractivity contribution in [2.45, 2.75) is 52.1 Å². The van der Waals surface area contributed by atoms with Crippen molar-refractivity contribution in [3.05, 3.63) is 34.6 Å². The van der Waals surface area contributed by atoms with Crippen LogP contribution in [-0.2, 0) is 9.53 Å². The van der Waals surface area contributed by atoms with E-state index < -0.39 is 51.6 Å². The molecule has 1 aromatic rings. The van der Waals surface area contributed by atoms with E-state index in [0.717, 1.165) is 12.8 Å². The summed E-state index contributed by atoms with van der Waals surface area (Å²) < 4.78 is 72.9. The molecule has 0 bridgehead atoms. The number of fused-ring (bicyclic) bond motifs is 1.